The maximum Gasteiger partial charge on any atom is 0.264 e. The van der Waals surface area contributed by atoms with Gasteiger partial charge in [-0.3, -0.25) is 4.31 Å². The molecule has 0 aliphatic carbocycles. The normalized spacial score (nSPS) is 18.3. The number of sulfonamides is 1. The number of benzene rings is 2. The molecule has 110 valence electrons. The van der Waals surface area contributed by atoms with Gasteiger partial charge >= 0.3 is 0 Å². The van der Waals surface area contributed by atoms with Crippen molar-refractivity contribution in [1.29, 1.82) is 0 Å². The van der Waals surface area contributed by atoms with E-state index in [0.717, 1.165) is 17.7 Å². The molecule has 1 unspecified atom stereocenters. The van der Waals surface area contributed by atoms with E-state index in [1.165, 1.54) is 4.31 Å². The summed E-state index contributed by atoms with van der Waals surface area (Å²) in [5.41, 5.74) is 1.80. The number of hydrogen-bond donors (Lipinski definition) is 1. The Morgan fingerprint density at radius 3 is 2.43 bits per heavy atom. The number of anilines is 1. The Bertz CT molecular complexity index is 729. The van der Waals surface area contributed by atoms with Gasteiger partial charge in [-0.1, -0.05) is 36.4 Å². The van der Waals surface area contributed by atoms with Gasteiger partial charge in [-0.15, -0.1) is 0 Å². The van der Waals surface area contributed by atoms with Gasteiger partial charge in [0.05, 0.1) is 10.6 Å². The standard InChI is InChI=1S/C16H18N2O2S/c1-17-15-11-12-18(16-10-6-5-9-14(15)16)21(19,20)13-7-3-2-4-8-13/h2-10,15,17H,11-12H2,1H3. The van der Waals surface area contributed by atoms with Crippen LogP contribution in [0.2, 0.25) is 0 Å². The highest BCUT2D eigenvalue weighted by Gasteiger charge is 2.32. The summed E-state index contributed by atoms with van der Waals surface area (Å²) in [6.45, 7) is 0.486. The van der Waals surface area contributed by atoms with Gasteiger partial charge in [0.25, 0.3) is 10.0 Å². The van der Waals surface area contributed by atoms with Crippen LogP contribution in [0.25, 0.3) is 0 Å². The predicted molar refractivity (Wildman–Crippen MR) is 83.8 cm³/mol. The average molecular weight is 302 g/mol. The van der Waals surface area contributed by atoms with Gasteiger partial charge in [0, 0.05) is 12.6 Å². The molecule has 0 fully saturated rings. The van der Waals surface area contributed by atoms with E-state index < -0.39 is 10.0 Å². The van der Waals surface area contributed by atoms with Crippen LogP contribution in [-0.2, 0) is 10.0 Å². The highest BCUT2D eigenvalue weighted by Crippen LogP contribution is 2.36. The molecule has 21 heavy (non-hydrogen) atoms. The smallest absolute Gasteiger partial charge is 0.264 e. The molecule has 1 atom stereocenters. The van der Waals surface area contributed by atoms with E-state index in [4.69, 9.17) is 0 Å². The van der Waals surface area contributed by atoms with Gasteiger partial charge < -0.3 is 5.32 Å². The lowest BCUT2D eigenvalue weighted by molar-refractivity contribution is 0.528. The second kappa shape index (κ2) is 5.50. The largest absolute Gasteiger partial charge is 0.313 e. The minimum atomic E-state index is -3.50. The SMILES string of the molecule is CNC1CCN(S(=O)(=O)c2ccccc2)c2ccccc21. The van der Waals surface area contributed by atoms with Gasteiger partial charge in [-0.05, 0) is 37.2 Å². The lowest BCUT2D eigenvalue weighted by atomic mass is 9.98. The average Bonchev–Trinajstić information content (AvgIpc) is 2.54. The molecule has 0 radical (unpaired) electrons. The number of para-hydroxylation sites is 1. The van der Waals surface area contributed by atoms with Crippen LogP contribution >= 0.6 is 0 Å². The van der Waals surface area contributed by atoms with Gasteiger partial charge in [0.2, 0.25) is 0 Å². The van der Waals surface area contributed by atoms with Crippen molar-refractivity contribution in [2.75, 3.05) is 17.9 Å². The molecule has 3 rings (SSSR count). The topological polar surface area (TPSA) is 49.4 Å². The van der Waals surface area contributed by atoms with Crippen molar-refractivity contribution in [2.45, 2.75) is 17.4 Å². The summed E-state index contributed by atoms with van der Waals surface area (Å²) in [7, 11) is -1.60. The summed E-state index contributed by atoms with van der Waals surface area (Å²) in [4.78, 5) is 0.336. The van der Waals surface area contributed by atoms with Gasteiger partial charge in [0.1, 0.15) is 0 Å². The number of fused-ring (bicyclic) bond motifs is 1. The molecule has 1 N–H and O–H groups in total. The lowest BCUT2D eigenvalue weighted by Gasteiger charge is -2.34. The molecule has 1 aliphatic rings. The van der Waals surface area contributed by atoms with E-state index >= 15 is 0 Å². The second-order valence-electron chi connectivity index (χ2n) is 5.08. The molecule has 1 aliphatic heterocycles. The van der Waals surface area contributed by atoms with Crippen LogP contribution in [0.3, 0.4) is 0 Å². The fourth-order valence-electron chi connectivity index (χ4n) is 2.80. The second-order valence-corrected chi connectivity index (χ2v) is 6.94. The van der Waals surface area contributed by atoms with Crippen molar-refractivity contribution < 1.29 is 8.42 Å². The Labute approximate surface area is 125 Å². The maximum absolute atomic E-state index is 12.9. The minimum absolute atomic E-state index is 0.198. The molecule has 4 nitrogen and oxygen atoms in total. The molecule has 2 aromatic rings. The Morgan fingerprint density at radius 2 is 1.71 bits per heavy atom. The van der Waals surface area contributed by atoms with Crippen LogP contribution in [-0.4, -0.2) is 22.0 Å². The summed E-state index contributed by atoms with van der Waals surface area (Å²) >= 11 is 0. The Balaban J connectivity index is 2.08. The fraction of sp³-hybridized carbons (Fsp3) is 0.250. The molecular formula is C16H18N2O2S. The van der Waals surface area contributed by atoms with Crippen LogP contribution in [0.4, 0.5) is 5.69 Å². The molecule has 0 spiro atoms. The van der Waals surface area contributed by atoms with Crippen molar-refractivity contribution in [3.05, 3.63) is 60.2 Å². The predicted octanol–water partition coefficient (Wildman–Crippen LogP) is 2.55. The third-order valence-electron chi connectivity index (χ3n) is 3.88. The molecule has 0 saturated carbocycles. The van der Waals surface area contributed by atoms with Crippen molar-refractivity contribution in [3.8, 4) is 0 Å². The van der Waals surface area contributed by atoms with E-state index in [-0.39, 0.29) is 6.04 Å². The highest BCUT2D eigenvalue weighted by molar-refractivity contribution is 7.92. The van der Waals surface area contributed by atoms with E-state index in [0.29, 0.717) is 11.4 Å². The Morgan fingerprint density at radius 1 is 1.05 bits per heavy atom. The summed E-state index contributed by atoms with van der Waals surface area (Å²) < 4.78 is 27.2. The number of nitrogens with zero attached hydrogens (tertiary/aromatic N) is 1. The number of rotatable bonds is 3. The first-order valence-electron chi connectivity index (χ1n) is 6.98. The molecular weight excluding hydrogens is 284 g/mol. The molecule has 0 aromatic heterocycles. The lowest BCUT2D eigenvalue weighted by Crippen LogP contribution is -2.39. The zero-order chi connectivity index (χ0) is 14.9. The van der Waals surface area contributed by atoms with Gasteiger partial charge in [-0.25, -0.2) is 8.42 Å². The third kappa shape index (κ3) is 2.43. The monoisotopic (exact) mass is 302 g/mol. The van der Waals surface area contributed by atoms with Crippen LogP contribution in [0, 0.1) is 0 Å². The first-order chi connectivity index (χ1) is 10.1. The quantitative estimate of drug-likeness (QED) is 0.948. The number of hydrogen-bond acceptors (Lipinski definition) is 3. The summed E-state index contributed by atoms with van der Waals surface area (Å²) in [6, 6.07) is 16.5. The summed E-state index contributed by atoms with van der Waals surface area (Å²) in [5, 5.41) is 3.25. The van der Waals surface area contributed by atoms with Crippen LogP contribution in [0.5, 0.6) is 0 Å². The van der Waals surface area contributed by atoms with E-state index in [9.17, 15) is 8.42 Å². The molecule has 0 amide bonds. The van der Waals surface area contributed by atoms with E-state index in [2.05, 4.69) is 5.32 Å². The van der Waals surface area contributed by atoms with Crippen LogP contribution in [0.1, 0.15) is 18.0 Å². The zero-order valence-electron chi connectivity index (χ0n) is 11.9. The van der Waals surface area contributed by atoms with Crippen molar-refractivity contribution in [3.63, 3.8) is 0 Å². The highest BCUT2D eigenvalue weighted by atomic mass is 32.2. The van der Waals surface area contributed by atoms with Crippen molar-refractivity contribution in [1.82, 2.24) is 5.32 Å². The van der Waals surface area contributed by atoms with Crippen molar-refractivity contribution in [2.24, 2.45) is 0 Å². The van der Waals surface area contributed by atoms with Crippen LogP contribution < -0.4 is 9.62 Å². The molecule has 0 bridgehead atoms. The maximum atomic E-state index is 12.9. The Hall–Kier alpha value is -1.85. The molecule has 2 aromatic carbocycles. The number of nitrogens with one attached hydrogen (secondary N) is 1. The van der Waals surface area contributed by atoms with E-state index in [1.54, 1.807) is 24.3 Å². The molecule has 5 heteroatoms. The summed E-state index contributed by atoms with van der Waals surface area (Å²) in [6.07, 6.45) is 0.763. The van der Waals surface area contributed by atoms with Crippen molar-refractivity contribution >= 4 is 15.7 Å². The third-order valence-corrected chi connectivity index (χ3v) is 5.71. The first kappa shape index (κ1) is 14.1. The van der Waals surface area contributed by atoms with Crippen LogP contribution in [0.15, 0.2) is 59.5 Å². The fourth-order valence-corrected chi connectivity index (χ4v) is 4.33. The summed E-state index contributed by atoms with van der Waals surface area (Å²) in [5.74, 6) is 0. The van der Waals surface area contributed by atoms with E-state index in [1.807, 2.05) is 37.4 Å². The molecule has 1 heterocycles. The van der Waals surface area contributed by atoms with Gasteiger partial charge in [0.15, 0.2) is 0 Å². The first-order valence-corrected chi connectivity index (χ1v) is 8.42. The zero-order valence-corrected chi connectivity index (χ0v) is 12.7. The van der Waals surface area contributed by atoms with Gasteiger partial charge in [-0.2, -0.15) is 0 Å². The molecule has 0 saturated heterocycles. The minimum Gasteiger partial charge on any atom is -0.313 e. The Kier molecular flexibility index (Phi) is 3.69.